The highest BCUT2D eigenvalue weighted by molar-refractivity contribution is 6.16. The van der Waals surface area contributed by atoms with Gasteiger partial charge in [-0.3, -0.25) is 0 Å². The van der Waals surface area contributed by atoms with Gasteiger partial charge >= 0.3 is 0 Å². The van der Waals surface area contributed by atoms with Crippen LogP contribution in [0.1, 0.15) is 45.0 Å². The fourth-order valence-corrected chi connectivity index (χ4v) is 3.57. The zero-order valence-corrected chi connectivity index (χ0v) is 12.7. The Morgan fingerprint density at radius 2 is 2.10 bits per heavy atom. The second kappa shape index (κ2) is 5.36. The van der Waals surface area contributed by atoms with Gasteiger partial charge in [0, 0.05) is 12.1 Å². The number of alkyl halides is 1. The van der Waals surface area contributed by atoms with Crippen LogP contribution >= 0.6 is 11.6 Å². The minimum Gasteiger partial charge on any atom is -0.324 e. The monoisotopic (exact) mass is 294 g/mol. The van der Waals surface area contributed by atoms with Gasteiger partial charge in [-0.15, -0.1) is 11.6 Å². The number of rotatable bonds is 2. The topological polar surface area (TPSA) is 17.8 Å². The first-order chi connectivity index (χ1) is 9.60. The largest absolute Gasteiger partial charge is 0.324 e. The predicted octanol–water partition coefficient (Wildman–Crippen LogP) is 4.91. The Morgan fingerprint density at radius 1 is 1.30 bits per heavy atom. The fourth-order valence-electron chi connectivity index (χ4n) is 3.38. The molecular formula is C16H20ClFN2. The van der Waals surface area contributed by atoms with E-state index in [2.05, 4.69) is 23.4 Å². The zero-order chi connectivity index (χ0) is 14.3. The quantitative estimate of drug-likeness (QED) is 0.720. The molecule has 1 aliphatic rings. The van der Waals surface area contributed by atoms with Crippen LogP contribution < -0.4 is 0 Å². The Bertz CT molecular complexity index is 622. The Balaban J connectivity index is 2.05. The molecule has 3 unspecified atom stereocenters. The van der Waals surface area contributed by atoms with Crippen LogP contribution in [0.15, 0.2) is 18.2 Å². The van der Waals surface area contributed by atoms with Crippen molar-refractivity contribution < 1.29 is 4.39 Å². The Labute approximate surface area is 123 Å². The summed E-state index contributed by atoms with van der Waals surface area (Å²) in [6.07, 6.45) is 3.53. The average Bonchev–Trinajstić information content (AvgIpc) is 2.79. The molecule has 1 heterocycles. The van der Waals surface area contributed by atoms with Crippen LogP contribution in [0.5, 0.6) is 0 Å². The van der Waals surface area contributed by atoms with Gasteiger partial charge in [0.2, 0.25) is 0 Å². The molecule has 0 bridgehead atoms. The van der Waals surface area contributed by atoms with Gasteiger partial charge in [0.1, 0.15) is 11.6 Å². The number of imidazole rings is 1. The summed E-state index contributed by atoms with van der Waals surface area (Å²) < 4.78 is 15.6. The molecule has 0 saturated heterocycles. The van der Waals surface area contributed by atoms with Crippen molar-refractivity contribution in [3.63, 3.8) is 0 Å². The molecule has 0 aliphatic heterocycles. The van der Waals surface area contributed by atoms with E-state index in [0.717, 1.165) is 30.1 Å². The van der Waals surface area contributed by atoms with Gasteiger partial charge in [-0.2, -0.15) is 0 Å². The fraction of sp³-hybridized carbons (Fsp3) is 0.562. The summed E-state index contributed by atoms with van der Waals surface area (Å²) in [6.45, 7) is 4.64. The lowest BCUT2D eigenvalue weighted by Crippen LogP contribution is -2.24. The molecule has 1 saturated carbocycles. The maximum absolute atomic E-state index is 13.4. The third-order valence-electron chi connectivity index (χ3n) is 4.78. The van der Waals surface area contributed by atoms with Crippen LogP contribution in [0.2, 0.25) is 0 Å². The third kappa shape index (κ3) is 2.32. The summed E-state index contributed by atoms with van der Waals surface area (Å²) in [7, 11) is 0. The SMILES string of the molecule is CC1CCC(n2c(CCl)nc3cc(F)ccc32)CC1C. The van der Waals surface area contributed by atoms with E-state index in [1.54, 1.807) is 0 Å². The number of fused-ring (bicyclic) bond motifs is 1. The van der Waals surface area contributed by atoms with E-state index in [0.29, 0.717) is 23.4 Å². The molecule has 0 N–H and O–H groups in total. The van der Waals surface area contributed by atoms with Crippen molar-refractivity contribution in [2.45, 2.75) is 45.0 Å². The molecule has 108 valence electrons. The first-order valence-corrected chi connectivity index (χ1v) is 7.86. The molecule has 2 aromatic rings. The molecular weight excluding hydrogens is 275 g/mol. The molecule has 1 aromatic carbocycles. The van der Waals surface area contributed by atoms with Gasteiger partial charge < -0.3 is 4.57 Å². The second-order valence-electron chi connectivity index (χ2n) is 6.09. The van der Waals surface area contributed by atoms with Gasteiger partial charge in [-0.25, -0.2) is 9.37 Å². The third-order valence-corrected chi connectivity index (χ3v) is 5.02. The molecule has 4 heteroatoms. The molecule has 20 heavy (non-hydrogen) atoms. The Hall–Kier alpha value is -1.09. The standard InChI is InChI=1S/C16H20ClFN2/c1-10-3-5-13(7-11(10)2)20-15-6-4-12(18)8-14(15)19-16(20)9-17/h4,6,8,10-11,13H,3,5,7,9H2,1-2H3. The van der Waals surface area contributed by atoms with E-state index in [1.807, 2.05) is 6.07 Å². The zero-order valence-electron chi connectivity index (χ0n) is 11.9. The van der Waals surface area contributed by atoms with E-state index in [9.17, 15) is 4.39 Å². The first kappa shape index (κ1) is 13.9. The van der Waals surface area contributed by atoms with Gasteiger partial charge in [0.05, 0.1) is 16.9 Å². The average molecular weight is 295 g/mol. The van der Waals surface area contributed by atoms with Crippen molar-refractivity contribution in [1.82, 2.24) is 9.55 Å². The molecule has 3 atom stereocenters. The highest BCUT2D eigenvalue weighted by Crippen LogP contribution is 2.38. The summed E-state index contributed by atoms with van der Waals surface area (Å²) in [5.41, 5.74) is 1.72. The number of hydrogen-bond acceptors (Lipinski definition) is 1. The molecule has 3 rings (SSSR count). The maximum Gasteiger partial charge on any atom is 0.125 e. The van der Waals surface area contributed by atoms with Crippen molar-refractivity contribution in [2.75, 3.05) is 0 Å². The molecule has 1 aromatic heterocycles. The highest BCUT2D eigenvalue weighted by atomic mass is 35.5. The number of nitrogens with zero attached hydrogens (tertiary/aromatic N) is 2. The van der Waals surface area contributed by atoms with E-state index >= 15 is 0 Å². The molecule has 1 fully saturated rings. The second-order valence-corrected chi connectivity index (χ2v) is 6.35. The van der Waals surface area contributed by atoms with Crippen molar-refractivity contribution >= 4 is 22.6 Å². The van der Waals surface area contributed by atoms with E-state index < -0.39 is 0 Å². The first-order valence-electron chi connectivity index (χ1n) is 7.32. The van der Waals surface area contributed by atoms with Gasteiger partial charge in [-0.1, -0.05) is 13.8 Å². The lowest BCUT2D eigenvalue weighted by atomic mass is 9.79. The highest BCUT2D eigenvalue weighted by Gasteiger charge is 2.28. The van der Waals surface area contributed by atoms with Gasteiger partial charge in [-0.05, 0) is 43.2 Å². The minimum atomic E-state index is -0.242. The van der Waals surface area contributed by atoms with Crippen LogP contribution in [0.25, 0.3) is 11.0 Å². The van der Waals surface area contributed by atoms with Gasteiger partial charge in [0.15, 0.2) is 0 Å². The summed E-state index contributed by atoms with van der Waals surface area (Å²) in [5, 5.41) is 0. The normalized spacial score (nSPS) is 27.1. The van der Waals surface area contributed by atoms with Crippen molar-refractivity contribution in [3.05, 3.63) is 29.8 Å². The molecule has 0 spiro atoms. The summed E-state index contributed by atoms with van der Waals surface area (Å²) >= 11 is 6.05. The summed E-state index contributed by atoms with van der Waals surface area (Å²) in [4.78, 5) is 4.50. The van der Waals surface area contributed by atoms with Crippen molar-refractivity contribution in [3.8, 4) is 0 Å². The van der Waals surface area contributed by atoms with Crippen LogP contribution in [-0.4, -0.2) is 9.55 Å². The van der Waals surface area contributed by atoms with Crippen molar-refractivity contribution in [2.24, 2.45) is 11.8 Å². The summed E-state index contributed by atoms with van der Waals surface area (Å²) in [6, 6.07) is 5.27. The Kier molecular flexibility index (Phi) is 3.72. The van der Waals surface area contributed by atoms with E-state index in [4.69, 9.17) is 11.6 Å². The van der Waals surface area contributed by atoms with E-state index in [1.165, 1.54) is 18.6 Å². The van der Waals surface area contributed by atoms with Crippen LogP contribution in [-0.2, 0) is 5.88 Å². The van der Waals surface area contributed by atoms with Crippen LogP contribution in [0.3, 0.4) is 0 Å². The molecule has 2 nitrogen and oxygen atoms in total. The number of halogens is 2. The lowest BCUT2D eigenvalue weighted by molar-refractivity contribution is 0.211. The smallest absolute Gasteiger partial charge is 0.125 e. The molecule has 0 amide bonds. The summed E-state index contributed by atoms with van der Waals surface area (Å²) in [5.74, 6) is 2.47. The maximum atomic E-state index is 13.4. The lowest BCUT2D eigenvalue weighted by Gasteiger charge is -2.33. The number of hydrogen-bond donors (Lipinski definition) is 0. The Morgan fingerprint density at radius 3 is 2.80 bits per heavy atom. The minimum absolute atomic E-state index is 0.242. The predicted molar refractivity (Wildman–Crippen MR) is 80.5 cm³/mol. The number of aromatic nitrogens is 2. The van der Waals surface area contributed by atoms with Crippen LogP contribution in [0.4, 0.5) is 4.39 Å². The molecule has 0 radical (unpaired) electrons. The van der Waals surface area contributed by atoms with Crippen LogP contribution in [0, 0.1) is 17.7 Å². The van der Waals surface area contributed by atoms with E-state index in [-0.39, 0.29) is 5.82 Å². The molecule has 1 aliphatic carbocycles. The number of benzene rings is 1. The van der Waals surface area contributed by atoms with Crippen molar-refractivity contribution in [1.29, 1.82) is 0 Å². The van der Waals surface area contributed by atoms with Gasteiger partial charge in [0.25, 0.3) is 0 Å².